The van der Waals surface area contributed by atoms with E-state index >= 15 is 0 Å². The molecule has 22 heavy (non-hydrogen) atoms. The highest BCUT2D eigenvalue weighted by atomic mass is 35.5. The van der Waals surface area contributed by atoms with Crippen molar-refractivity contribution in [1.29, 1.82) is 0 Å². The van der Waals surface area contributed by atoms with Crippen molar-refractivity contribution in [2.24, 2.45) is 5.92 Å². The molecular weight excluding hydrogens is 319 g/mol. The fourth-order valence-electron chi connectivity index (χ4n) is 2.92. The number of hydrogen-bond acceptors (Lipinski definition) is 2. The van der Waals surface area contributed by atoms with Crippen molar-refractivity contribution in [3.63, 3.8) is 0 Å². The van der Waals surface area contributed by atoms with E-state index < -0.39 is 0 Å². The molecule has 0 aromatic heterocycles. The Morgan fingerprint density at radius 1 is 1.14 bits per heavy atom. The monoisotopic (exact) mass is 340 g/mol. The number of carbonyl (C=O) groups excluding carboxylic acids is 1. The van der Waals surface area contributed by atoms with Crippen LogP contribution < -0.4 is 5.32 Å². The van der Waals surface area contributed by atoms with Crippen molar-refractivity contribution in [3.05, 3.63) is 33.8 Å². The third-order valence-corrected chi connectivity index (χ3v) is 5.32. The molecular formula is C17H22Cl2N2O. The summed E-state index contributed by atoms with van der Waals surface area (Å²) in [5.74, 6) is 1.09. The average molecular weight is 341 g/mol. The van der Waals surface area contributed by atoms with Gasteiger partial charge in [-0.25, -0.2) is 0 Å². The molecule has 1 heterocycles. The number of carbonyl (C=O) groups is 1. The molecule has 1 saturated carbocycles. The van der Waals surface area contributed by atoms with Crippen LogP contribution in [-0.2, 0) is 11.2 Å². The summed E-state index contributed by atoms with van der Waals surface area (Å²) in [6.45, 7) is 2.85. The number of nitrogens with zero attached hydrogens (tertiary/aromatic N) is 1. The first-order valence-corrected chi connectivity index (χ1v) is 8.82. The van der Waals surface area contributed by atoms with E-state index in [1.807, 2.05) is 11.0 Å². The van der Waals surface area contributed by atoms with Crippen LogP contribution in [0.5, 0.6) is 0 Å². The van der Waals surface area contributed by atoms with E-state index in [2.05, 4.69) is 5.32 Å². The zero-order valence-corrected chi connectivity index (χ0v) is 14.2. The molecule has 1 aliphatic heterocycles. The summed E-state index contributed by atoms with van der Waals surface area (Å²) in [7, 11) is 0. The Bertz CT molecular complexity index is 537. The van der Waals surface area contributed by atoms with Gasteiger partial charge in [-0.15, -0.1) is 0 Å². The number of rotatable bonds is 5. The molecule has 5 heteroatoms. The van der Waals surface area contributed by atoms with E-state index in [4.69, 9.17) is 23.2 Å². The number of piperidine rings is 1. The van der Waals surface area contributed by atoms with Crippen molar-refractivity contribution in [1.82, 2.24) is 10.2 Å². The summed E-state index contributed by atoms with van der Waals surface area (Å²) in [5.41, 5.74) is 0.924. The minimum absolute atomic E-state index is 0.180. The van der Waals surface area contributed by atoms with Crippen LogP contribution in [-0.4, -0.2) is 36.5 Å². The van der Waals surface area contributed by atoms with E-state index in [0.717, 1.165) is 44.0 Å². The number of amides is 1. The van der Waals surface area contributed by atoms with E-state index in [1.165, 1.54) is 12.8 Å². The van der Waals surface area contributed by atoms with E-state index in [-0.39, 0.29) is 5.91 Å². The molecule has 120 valence electrons. The van der Waals surface area contributed by atoms with Crippen LogP contribution in [0.3, 0.4) is 0 Å². The van der Waals surface area contributed by atoms with Crippen molar-refractivity contribution in [2.75, 3.05) is 19.6 Å². The van der Waals surface area contributed by atoms with Crippen LogP contribution in [0.15, 0.2) is 18.2 Å². The van der Waals surface area contributed by atoms with Crippen LogP contribution >= 0.6 is 23.2 Å². The van der Waals surface area contributed by atoms with Gasteiger partial charge in [-0.2, -0.15) is 0 Å². The van der Waals surface area contributed by atoms with Gasteiger partial charge in [0.1, 0.15) is 0 Å². The molecule has 3 rings (SSSR count). The minimum atomic E-state index is 0.180. The number of likely N-dealkylation sites (tertiary alicyclic amines) is 1. The van der Waals surface area contributed by atoms with Gasteiger partial charge in [-0.1, -0.05) is 29.3 Å². The van der Waals surface area contributed by atoms with E-state index in [1.54, 1.807) is 12.1 Å². The van der Waals surface area contributed by atoms with Gasteiger partial charge in [0.2, 0.25) is 5.91 Å². The van der Waals surface area contributed by atoms with Gasteiger partial charge in [0.05, 0.1) is 16.5 Å². The fourth-order valence-corrected chi connectivity index (χ4v) is 3.25. The summed E-state index contributed by atoms with van der Waals surface area (Å²) in [6.07, 6.45) is 5.28. The summed E-state index contributed by atoms with van der Waals surface area (Å²) in [6, 6.07) is 5.98. The summed E-state index contributed by atoms with van der Waals surface area (Å²) < 4.78 is 0. The van der Waals surface area contributed by atoms with Crippen molar-refractivity contribution in [3.8, 4) is 0 Å². The number of hydrogen-bond donors (Lipinski definition) is 1. The standard InChI is InChI=1S/C17H22Cl2N2O/c18-15-4-3-13(9-16(15)19)10-17(22)21-7-5-14(6-8-21)20-11-12-1-2-12/h3-4,9,12,14,20H,1-2,5-8,10-11H2. The SMILES string of the molecule is O=C(Cc1ccc(Cl)c(Cl)c1)N1CCC(NCC2CC2)CC1. The maximum Gasteiger partial charge on any atom is 0.226 e. The largest absolute Gasteiger partial charge is 0.342 e. The molecule has 0 radical (unpaired) electrons. The van der Waals surface area contributed by atoms with Crippen molar-refractivity contribution >= 4 is 29.1 Å². The van der Waals surface area contributed by atoms with Gasteiger partial charge >= 0.3 is 0 Å². The smallest absolute Gasteiger partial charge is 0.226 e. The second-order valence-corrected chi connectivity index (χ2v) is 7.25. The highest BCUT2D eigenvalue weighted by Gasteiger charge is 2.25. The summed E-state index contributed by atoms with van der Waals surface area (Å²) >= 11 is 11.9. The topological polar surface area (TPSA) is 32.3 Å². The molecule has 0 bridgehead atoms. The molecule has 1 N–H and O–H groups in total. The molecule has 2 aliphatic rings. The summed E-state index contributed by atoms with van der Waals surface area (Å²) in [4.78, 5) is 14.3. The first-order chi connectivity index (χ1) is 10.6. The Morgan fingerprint density at radius 3 is 2.50 bits per heavy atom. The van der Waals surface area contributed by atoms with E-state index in [0.29, 0.717) is 22.5 Å². The lowest BCUT2D eigenvalue weighted by atomic mass is 10.0. The Balaban J connectivity index is 1.45. The molecule has 1 aromatic carbocycles. The summed E-state index contributed by atoms with van der Waals surface area (Å²) in [5, 5.41) is 4.67. The van der Waals surface area contributed by atoms with Crippen LogP contribution in [0.2, 0.25) is 10.0 Å². The van der Waals surface area contributed by atoms with Gasteiger partial charge in [-0.3, -0.25) is 4.79 Å². The molecule has 1 aliphatic carbocycles. The average Bonchev–Trinajstić information content (AvgIpc) is 3.34. The molecule has 0 unspecified atom stereocenters. The Kier molecular flexibility index (Phi) is 5.27. The van der Waals surface area contributed by atoms with Gasteiger partial charge in [0.25, 0.3) is 0 Å². The van der Waals surface area contributed by atoms with Crippen molar-refractivity contribution in [2.45, 2.75) is 38.1 Å². The molecule has 2 fully saturated rings. The molecule has 3 nitrogen and oxygen atoms in total. The molecule has 1 amide bonds. The maximum atomic E-state index is 12.4. The molecule has 0 spiro atoms. The predicted octanol–water partition coefficient (Wildman–Crippen LogP) is 3.53. The normalized spacial score (nSPS) is 19.5. The highest BCUT2D eigenvalue weighted by molar-refractivity contribution is 6.42. The maximum absolute atomic E-state index is 12.4. The highest BCUT2D eigenvalue weighted by Crippen LogP contribution is 2.28. The van der Waals surface area contributed by atoms with Crippen LogP contribution in [0.4, 0.5) is 0 Å². The lowest BCUT2D eigenvalue weighted by Gasteiger charge is -2.32. The number of nitrogens with one attached hydrogen (secondary N) is 1. The van der Waals surface area contributed by atoms with E-state index in [9.17, 15) is 4.79 Å². The minimum Gasteiger partial charge on any atom is -0.342 e. The number of benzene rings is 1. The second kappa shape index (κ2) is 7.20. The first-order valence-electron chi connectivity index (χ1n) is 8.07. The van der Waals surface area contributed by atoms with Crippen LogP contribution in [0.25, 0.3) is 0 Å². The van der Waals surface area contributed by atoms with Gasteiger partial charge in [0, 0.05) is 19.1 Å². The van der Waals surface area contributed by atoms with Gasteiger partial charge < -0.3 is 10.2 Å². The lowest BCUT2D eigenvalue weighted by molar-refractivity contribution is -0.131. The zero-order chi connectivity index (χ0) is 15.5. The van der Waals surface area contributed by atoms with Crippen LogP contribution in [0, 0.1) is 5.92 Å². The third kappa shape index (κ3) is 4.37. The molecule has 1 saturated heterocycles. The van der Waals surface area contributed by atoms with Gasteiger partial charge in [-0.05, 0) is 55.8 Å². The molecule has 0 atom stereocenters. The lowest BCUT2D eigenvalue weighted by Crippen LogP contribution is -2.45. The Labute approximate surface area is 142 Å². The zero-order valence-electron chi connectivity index (χ0n) is 12.7. The second-order valence-electron chi connectivity index (χ2n) is 6.43. The Morgan fingerprint density at radius 2 is 1.86 bits per heavy atom. The fraction of sp³-hybridized carbons (Fsp3) is 0.588. The predicted molar refractivity (Wildman–Crippen MR) is 90.5 cm³/mol. The Hall–Kier alpha value is -0.770. The van der Waals surface area contributed by atoms with Crippen molar-refractivity contribution < 1.29 is 4.79 Å². The molecule has 1 aromatic rings. The van der Waals surface area contributed by atoms with Crippen LogP contribution in [0.1, 0.15) is 31.2 Å². The van der Waals surface area contributed by atoms with Gasteiger partial charge in [0.15, 0.2) is 0 Å². The third-order valence-electron chi connectivity index (χ3n) is 4.58. The first kappa shape index (κ1) is 16.1. The quantitative estimate of drug-likeness (QED) is 0.889. The number of halogens is 2.